The fourth-order valence-electron chi connectivity index (χ4n) is 3.62. The molecule has 2 atom stereocenters. The number of hydrazone groups is 1. The van der Waals surface area contributed by atoms with Crippen molar-refractivity contribution in [2.45, 2.75) is 38.3 Å². The van der Waals surface area contributed by atoms with E-state index in [4.69, 9.17) is 10.5 Å². The number of ether oxygens (including phenoxy) is 1. The Kier molecular flexibility index (Phi) is 6.31. The highest BCUT2D eigenvalue weighted by Gasteiger charge is 2.36. The number of primary amides is 1. The summed E-state index contributed by atoms with van der Waals surface area (Å²) in [5.41, 5.74) is 6.46. The highest BCUT2D eigenvalue weighted by Crippen LogP contribution is 2.25. The first kappa shape index (κ1) is 20.3. The maximum Gasteiger partial charge on any atom is 0.267 e. The van der Waals surface area contributed by atoms with Crippen LogP contribution in [-0.2, 0) is 14.3 Å². The Morgan fingerprint density at radius 3 is 2.57 bits per heavy atom. The number of hydrogen-bond donors (Lipinski definition) is 2. The van der Waals surface area contributed by atoms with Crippen molar-refractivity contribution in [2.75, 3.05) is 37.9 Å². The number of amides is 2. The molecule has 0 unspecified atom stereocenters. The Balaban J connectivity index is 1.68. The number of rotatable bonds is 7. The molecule has 28 heavy (non-hydrogen) atoms. The molecule has 0 bridgehead atoms. The molecule has 2 aliphatic rings. The number of hydrogen-bond acceptors (Lipinski definition) is 6. The van der Waals surface area contributed by atoms with Gasteiger partial charge in [0.2, 0.25) is 5.91 Å². The first-order chi connectivity index (χ1) is 13.4. The van der Waals surface area contributed by atoms with Gasteiger partial charge in [-0.1, -0.05) is 25.1 Å². The zero-order valence-corrected chi connectivity index (χ0v) is 16.6. The second-order valence-corrected chi connectivity index (χ2v) is 7.48. The zero-order chi connectivity index (χ0) is 20.1. The highest BCUT2D eigenvalue weighted by atomic mass is 16.5. The van der Waals surface area contributed by atoms with Gasteiger partial charge in [0.25, 0.3) is 5.91 Å². The van der Waals surface area contributed by atoms with E-state index in [2.05, 4.69) is 29.2 Å². The van der Waals surface area contributed by atoms with Crippen LogP contribution >= 0.6 is 0 Å². The second kappa shape index (κ2) is 8.70. The Bertz CT molecular complexity index is 733. The van der Waals surface area contributed by atoms with Crippen molar-refractivity contribution in [3.05, 3.63) is 30.3 Å². The van der Waals surface area contributed by atoms with Crippen molar-refractivity contribution < 1.29 is 14.3 Å². The van der Waals surface area contributed by atoms with Crippen LogP contribution in [0, 0.1) is 0 Å². The molecule has 3 N–H and O–H groups in total. The van der Waals surface area contributed by atoms with Crippen LogP contribution in [0.4, 0.5) is 5.69 Å². The quantitative estimate of drug-likeness (QED) is 0.718. The maximum absolute atomic E-state index is 12.8. The molecule has 1 saturated heterocycles. The Morgan fingerprint density at radius 2 is 1.96 bits per heavy atom. The minimum Gasteiger partial charge on any atom is -0.379 e. The molecular formula is C20H29N5O3. The molecule has 2 heterocycles. The van der Waals surface area contributed by atoms with E-state index in [1.54, 1.807) is 0 Å². The van der Waals surface area contributed by atoms with Gasteiger partial charge in [-0.2, -0.15) is 5.10 Å². The van der Waals surface area contributed by atoms with Crippen LogP contribution in [0.3, 0.4) is 0 Å². The van der Waals surface area contributed by atoms with Gasteiger partial charge < -0.3 is 15.8 Å². The third-order valence-corrected chi connectivity index (χ3v) is 5.69. The average molecular weight is 387 g/mol. The molecule has 2 aliphatic heterocycles. The normalized spacial score (nSPS) is 22.4. The number of nitrogens with one attached hydrogen (secondary N) is 1. The second-order valence-electron chi connectivity index (χ2n) is 7.48. The lowest BCUT2D eigenvalue weighted by Gasteiger charge is -2.43. The Labute approximate surface area is 165 Å². The fraction of sp³-hybridized carbons (Fsp3) is 0.550. The third kappa shape index (κ3) is 4.34. The van der Waals surface area contributed by atoms with Gasteiger partial charge in [0.05, 0.1) is 18.9 Å². The number of para-hydroxylation sites is 1. The molecule has 1 aromatic rings. The van der Waals surface area contributed by atoms with Gasteiger partial charge in [0, 0.05) is 31.6 Å². The summed E-state index contributed by atoms with van der Waals surface area (Å²) in [4.78, 5) is 27.0. The first-order valence-electron chi connectivity index (χ1n) is 9.76. The SMILES string of the molecule is CC[C@](C)(CNC(=O)C1=NN(c2ccccc2)[C@@H](C(N)=O)C1)N1CCOCC1. The molecule has 8 nitrogen and oxygen atoms in total. The van der Waals surface area contributed by atoms with E-state index in [1.807, 2.05) is 30.3 Å². The van der Waals surface area contributed by atoms with Crippen molar-refractivity contribution in [3.63, 3.8) is 0 Å². The average Bonchev–Trinajstić information content (AvgIpc) is 3.19. The van der Waals surface area contributed by atoms with Crippen LogP contribution in [-0.4, -0.2) is 66.9 Å². The molecule has 0 spiro atoms. The number of benzene rings is 1. The van der Waals surface area contributed by atoms with Gasteiger partial charge in [0.1, 0.15) is 11.8 Å². The summed E-state index contributed by atoms with van der Waals surface area (Å²) in [6, 6.07) is 8.62. The van der Waals surface area contributed by atoms with Crippen molar-refractivity contribution in [3.8, 4) is 0 Å². The minimum absolute atomic E-state index is 0.152. The summed E-state index contributed by atoms with van der Waals surface area (Å²) in [6.07, 6.45) is 1.11. The summed E-state index contributed by atoms with van der Waals surface area (Å²) in [5.74, 6) is -0.750. The highest BCUT2D eigenvalue weighted by molar-refractivity contribution is 6.40. The predicted octanol–water partition coefficient (Wildman–Crippen LogP) is 0.724. The first-order valence-corrected chi connectivity index (χ1v) is 9.76. The Morgan fingerprint density at radius 1 is 1.29 bits per heavy atom. The fourth-order valence-corrected chi connectivity index (χ4v) is 3.62. The molecule has 0 aromatic heterocycles. The molecule has 152 valence electrons. The van der Waals surface area contributed by atoms with Crippen LogP contribution in [0.2, 0.25) is 0 Å². The number of anilines is 1. The van der Waals surface area contributed by atoms with Gasteiger partial charge in [-0.05, 0) is 25.5 Å². The monoisotopic (exact) mass is 387 g/mol. The van der Waals surface area contributed by atoms with Gasteiger partial charge in [-0.25, -0.2) is 0 Å². The van der Waals surface area contributed by atoms with Crippen LogP contribution in [0.25, 0.3) is 0 Å². The molecular weight excluding hydrogens is 358 g/mol. The largest absolute Gasteiger partial charge is 0.379 e. The zero-order valence-electron chi connectivity index (χ0n) is 16.6. The smallest absolute Gasteiger partial charge is 0.267 e. The summed E-state index contributed by atoms with van der Waals surface area (Å²) >= 11 is 0. The number of nitrogens with two attached hydrogens (primary N) is 1. The molecule has 3 rings (SSSR count). The standard InChI is InChI=1S/C20H29N5O3/c1-3-20(2,24-9-11-28-12-10-24)14-22-19(27)16-13-17(18(21)26)25(23-16)15-7-5-4-6-8-15/h4-8,17H,3,9-14H2,1-2H3,(H2,21,26)(H,22,27)/t17-,20-/m1/s1. The topological polar surface area (TPSA) is 100 Å². The lowest BCUT2D eigenvalue weighted by molar-refractivity contribution is -0.119. The van der Waals surface area contributed by atoms with Crippen LogP contribution < -0.4 is 16.1 Å². The van der Waals surface area contributed by atoms with Crippen LogP contribution in [0.15, 0.2) is 35.4 Å². The van der Waals surface area contributed by atoms with Gasteiger partial charge >= 0.3 is 0 Å². The van der Waals surface area contributed by atoms with E-state index in [9.17, 15) is 9.59 Å². The molecule has 0 radical (unpaired) electrons. The molecule has 1 aromatic carbocycles. The molecule has 0 aliphatic carbocycles. The van der Waals surface area contributed by atoms with Gasteiger partial charge in [0.15, 0.2) is 0 Å². The summed E-state index contributed by atoms with van der Waals surface area (Å²) in [6.45, 7) is 7.91. The number of carbonyl (C=O) groups excluding carboxylic acids is 2. The number of carbonyl (C=O) groups is 2. The lowest BCUT2D eigenvalue weighted by Crippen LogP contribution is -2.57. The minimum atomic E-state index is -0.653. The lowest BCUT2D eigenvalue weighted by atomic mass is 9.95. The number of morpholine rings is 1. The van der Waals surface area contributed by atoms with E-state index < -0.39 is 11.9 Å². The van der Waals surface area contributed by atoms with Crippen molar-refractivity contribution >= 4 is 23.2 Å². The molecule has 2 amide bonds. The van der Waals surface area contributed by atoms with E-state index in [1.165, 1.54) is 5.01 Å². The van der Waals surface area contributed by atoms with E-state index in [0.717, 1.165) is 25.2 Å². The van der Waals surface area contributed by atoms with E-state index >= 15 is 0 Å². The van der Waals surface area contributed by atoms with Crippen molar-refractivity contribution in [2.24, 2.45) is 10.8 Å². The van der Waals surface area contributed by atoms with Gasteiger partial charge in [-0.3, -0.25) is 19.5 Å². The summed E-state index contributed by atoms with van der Waals surface area (Å²) in [7, 11) is 0. The third-order valence-electron chi connectivity index (χ3n) is 5.69. The molecule has 0 saturated carbocycles. The van der Waals surface area contributed by atoms with Crippen molar-refractivity contribution in [1.29, 1.82) is 0 Å². The Hall–Kier alpha value is -2.45. The molecule has 1 fully saturated rings. The van der Waals surface area contributed by atoms with E-state index in [0.29, 0.717) is 25.5 Å². The number of nitrogens with zero attached hydrogens (tertiary/aromatic N) is 3. The van der Waals surface area contributed by atoms with Crippen molar-refractivity contribution in [1.82, 2.24) is 10.2 Å². The maximum atomic E-state index is 12.8. The summed E-state index contributed by atoms with van der Waals surface area (Å²) in [5, 5.41) is 8.96. The molecule has 8 heteroatoms. The van der Waals surface area contributed by atoms with Crippen LogP contribution in [0.1, 0.15) is 26.7 Å². The van der Waals surface area contributed by atoms with Gasteiger partial charge in [-0.15, -0.1) is 0 Å². The van der Waals surface area contributed by atoms with E-state index in [-0.39, 0.29) is 17.9 Å². The summed E-state index contributed by atoms with van der Waals surface area (Å²) < 4.78 is 5.44. The predicted molar refractivity (Wildman–Crippen MR) is 108 cm³/mol. The van der Waals surface area contributed by atoms with Crippen LogP contribution in [0.5, 0.6) is 0 Å².